The maximum absolute atomic E-state index is 10.5. The molecule has 0 heterocycles. The summed E-state index contributed by atoms with van der Waals surface area (Å²) in [6, 6.07) is 0.468. The van der Waals surface area contributed by atoms with Gasteiger partial charge in [0.05, 0.1) is 5.60 Å². The smallest absolute Gasteiger partial charge is 0.0771 e. The van der Waals surface area contributed by atoms with Crippen molar-refractivity contribution in [2.45, 2.75) is 57.6 Å². The van der Waals surface area contributed by atoms with Crippen molar-refractivity contribution >= 4 is 0 Å². The number of likely N-dealkylation sites (N-methyl/N-ethyl adjacent to an activating group) is 1. The summed E-state index contributed by atoms with van der Waals surface area (Å²) in [4.78, 5) is 2.21. The van der Waals surface area contributed by atoms with Gasteiger partial charge in [0.1, 0.15) is 0 Å². The molecule has 0 spiro atoms. The van der Waals surface area contributed by atoms with Crippen LogP contribution in [0.15, 0.2) is 0 Å². The molecule has 0 bridgehead atoms. The highest BCUT2D eigenvalue weighted by atomic mass is 16.3. The first-order chi connectivity index (χ1) is 7.93. The first kappa shape index (κ1) is 14.9. The van der Waals surface area contributed by atoms with E-state index >= 15 is 0 Å². The monoisotopic (exact) mass is 242 g/mol. The molecular formula is C14H30N2O. The lowest BCUT2D eigenvalue weighted by Crippen LogP contribution is -2.50. The lowest BCUT2D eigenvalue weighted by molar-refractivity contribution is 0.000704. The summed E-state index contributed by atoms with van der Waals surface area (Å²) >= 11 is 0. The van der Waals surface area contributed by atoms with Crippen LogP contribution in [-0.2, 0) is 0 Å². The van der Waals surface area contributed by atoms with Crippen LogP contribution in [0.4, 0.5) is 0 Å². The molecule has 102 valence electrons. The van der Waals surface area contributed by atoms with Gasteiger partial charge in [0.2, 0.25) is 0 Å². The van der Waals surface area contributed by atoms with Crippen molar-refractivity contribution in [1.82, 2.24) is 10.2 Å². The van der Waals surface area contributed by atoms with Crippen LogP contribution < -0.4 is 5.32 Å². The van der Waals surface area contributed by atoms with Gasteiger partial charge in [0.25, 0.3) is 0 Å². The molecule has 0 saturated heterocycles. The molecule has 0 aromatic carbocycles. The fraction of sp³-hybridized carbons (Fsp3) is 1.00. The molecule has 2 N–H and O–H groups in total. The molecule has 1 atom stereocenters. The Kier molecular flexibility index (Phi) is 5.90. The van der Waals surface area contributed by atoms with Gasteiger partial charge in [-0.15, -0.1) is 0 Å². The van der Waals surface area contributed by atoms with E-state index in [2.05, 4.69) is 38.2 Å². The first-order valence-corrected chi connectivity index (χ1v) is 7.03. The third kappa shape index (κ3) is 5.36. The molecule has 0 aromatic rings. The highest BCUT2D eigenvalue weighted by molar-refractivity contribution is 4.86. The summed E-state index contributed by atoms with van der Waals surface area (Å²) in [5.74, 6) is 0.601. The van der Waals surface area contributed by atoms with Gasteiger partial charge in [-0.25, -0.2) is 0 Å². The van der Waals surface area contributed by atoms with Crippen LogP contribution in [0.3, 0.4) is 0 Å². The Hall–Kier alpha value is -0.120. The minimum Gasteiger partial charge on any atom is -0.389 e. The van der Waals surface area contributed by atoms with E-state index in [1.165, 1.54) is 19.3 Å². The van der Waals surface area contributed by atoms with E-state index < -0.39 is 5.60 Å². The zero-order valence-electron chi connectivity index (χ0n) is 12.0. The van der Waals surface area contributed by atoms with Crippen LogP contribution in [0, 0.1) is 5.92 Å². The minimum absolute atomic E-state index is 0.447. The lowest BCUT2D eigenvalue weighted by atomic mass is 9.84. The van der Waals surface area contributed by atoms with Crippen LogP contribution in [-0.4, -0.2) is 48.8 Å². The average molecular weight is 242 g/mol. The molecule has 1 unspecified atom stereocenters. The van der Waals surface area contributed by atoms with Crippen molar-refractivity contribution in [3.63, 3.8) is 0 Å². The van der Waals surface area contributed by atoms with E-state index in [1.54, 1.807) is 0 Å². The summed E-state index contributed by atoms with van der Waals surface area (Å²) in [6.45, 7) is 6.27. The fourth-order valence-electron chi connectivity index (χ4n) is 2.61. The number of nitrogens with zero attached hydrogens (tertiary/aromatic N) is 1. The van der Waals surface area contributed by atoms with Crippen molar-refractivity contribution < 1.29 is 5.11 Å². The normalized spacial score (nSPS) is 22.1. The maximum atomic E-state index is 10.5. The third-order valence-corrected chi connectivity index (χ3v) is 3.84. The van der Waals surface area contributed by atoms with Gasteiger partial charge in [-0.3, -0.25) is 0 Å². The molecule has 0 amide bonds. The number of aliphatic hydroxyl groups is 1. The topological polar surface area (TPSA) is 35.5 Å². The van der Waals surface area contributed by atoms with Gasteiger partial charge in [0.15, 0.2) is 0 Å². The minimum atomic E-state index is -0.447. The Morgan fingerprint density at radius 2 is 1.76 bits per heavy atom. The van der Waals surface area contributed by atoms with Crippen LogP contribution in [0.1, 0.15) is 46.0 Å². The van der Waals surface area contributed by atoms with Crippen molar-refractivity contribution in [2.24, 2.45) is 5.92 Å². The van der Waals surface area contributed by atoms with E-state index in [-0.39, 0.29) is 0 Å². The van der Waals surface area contributed by atoms with Crippen molar-refractivity contribution in [1.29, 1.82) is 0 Å². The number of rotatable bonds is 6. The SMILES string of the molecule is CC(C)C(CN(C)C)NCC1(O)CCCCC1. The Bertz CT molecular complexity index is 210. The Balaban J connectivity index is 2.39. The van der Waals surface area contributed by atoms with Crippen LogP contribution in [0.25, 0.3) is 0 Å². The third-order valence-electron chi connectivity index (χ3n) is 3.84. The highest BCUT2D eigenvalue weighted by Gasteiger charge is 2.30. The molecule has 1 fully saturated rings. The Morgan fingerprint density at radius 3 is 2.24 bits per heavy atom. The highest BCUT2D eigenvalue weighted by Crippen LogP contribution is 2.27. The van der Waals surface area contributed by atoms with Gasteiger partial charge in [-0.1, -0.05) is 33.1 Å². The largest absolute Gasteiger partial charge is 0.389 e. The number of hydrogen-bond donors (Lipinski definition) is 2. The molecule has 1 aliphatic carbocycles. The molecular weight excluding hydrogens is 212 g/mol. The van der Waals surface area contributed by atoms with E-state index in [0.29, 0.717) is 12.0 Å². The molecule has 17 heavy (non-hydrogen) atoms. The second kappa shape index (κ2) is 6.72. The first-order valence-electron chi connectivity index (χ1n) is 7.03. The quantitative estimate of drug-likeness (QED) is 0.746. The van der Waals surface area contributed by atoms with Gasteiger partial charge >= 0.3 is 0 Å². The number of nitrogens with one attached hydrogen (secondary N) is 1. The van der Waals surface area contributed by atoms with Crippen LogP contribution in [0.5, 0.6) is 0 Å². The number of hydrogen-bond acceptors (Lipinski definition) is 3. The zero-order valence-corrected chi connectivity index (χ0v) is 12.0. The predicted molar refractivity (Wildman–Crippen MR) is 73.2 cm³/mol. The van der Waals surface area contributed by atoms with E-state index in [1.807, 2.05) is 0 Å². The maximum Gasteiger partial charge on any atom is 0.0771 e. The van der Waals surface area contributed by atoms with Gasteiger partial charge in [0, 0.05) is 19.1 Å². The molecule has 0 aliphatic heterocycles. The fourth-order valence-corrected chi connectivity index (χ4v) is 2.61. The standard InChI is InChI=1S/C14H30N2O/c1-12(2)13(10-16(3)4)15-11-14(17)8-6-5-7-9-14/h12-13,15,17H,5-11H2,1-4H3. The molecule has 0 aromatic heterocycles. The second-order valence-corrected chi connectivity index (χ2v) is 6.28. The van der Waals surface area contributed by atoms with Crippen molar-refractivity contribution in [3.05, 3.63) is 0 Å². The van der Waals surface area contributed by atoms with Gasteiger partial charge in [-0.2, -0.15) is 0 Å². The summed E-state index contributed by atoms with van der Waals surface area (Å²) < 4.78 is 0. The Morgan fingerprint density at radius 1 is 1.18 bits per heavy atom. The van der Waals surface area contributed by atoms with Crippen LogP contribution in [0.2, 0.25) is 0 Å². The predicted octanol–water partition coefficient (Wildman–Crippen LogP) is 1.86. The molecule has 3 nitrogen and oxygen atoms in total. The molecule has 3 heteroatoms. The zero-order chi connectivity index (χ0) is 12.9. The summed E-state index contributed by atoms with van der Waals surface area (Å²) in [7, 11) is 4.21. The molecule has 1 rings (SSSR count). The van der Waals surface area contributed by atoms with E-state index in [4.69, 9.17) is 0 Å². The van der Waals surface area contributed by atoms with Crippen molar-refractivity contribution in [2.75, 3.05) is 27.2 Å². The van der Waals surface area contributed by atoms with Crippen LogP contribution >= 0.6 is 0 Å². The summed E-state index contributed by atoms with van der Waals surface area (Å²) in [5.41, 5.74) is -0.447. The molecule has 0 radical (unpaired) electrons. The van der Waals surface area contributed by atoms with Gasteiger partial charge < -0.3 is 15.3 Å². The Labute approximate surface area is 107 Å². The molecule has 1 aliphatic rings. The lowest BCUT2D eigenvalue weighted by Gasteiger charge is -2.35. The summed E-state index contributed by atoms with van der Waals surface area (Å²) in [6.07, 6.45) is 5.57. The second-order valence-electron chi connectivity index (χ2n) is 6.28. The average Bonchev–Trinajstić information content (AvgIpc) is 2.24. The van der Waals surface area contributed by atoms with Crippen molar-refractivity contribution in [3.8, 4) is 0 Å². The van der Waals surface area contributed by atoms with Gasteiger partial charge in [-0.05, 0) is 32.9 Å². The molecule has 1 saturated carbocycles. The van der Waals surface area contributed by atoms with E-state index in [0.717, 1.165) is 25.9 Å². The summed E-state index contributed by atoms with van der Waals surface area (Å²) in [5, 5.41) is 14.0. The van der Waals surface area contributed by atoms with E-state index in [9.17, 15) is 5.11 Å².